The van der Waals surface area contributed by atoms with Crippen LogP contribution in [0.4, 0.5) is 0 Å². The first-order chi connectivity index (χ1) is 24.0. The SMILES string of the molecule is CCCCCCCCCCCCC/C=C/C(O)C(COP(=O)([O-])OCC[N+](C)(C)C)NC(=O)CCCCCCCCCCCCCCCCC. The second-order valence-corrected chi connectivity index (χ2v) is 17.1. The van der Waals surface area contributed by atoms with Crippen molar-refractivity contribution in [1.82, 2.24) is 5.32 Å². The molecular formula is C41H83N2O6P. The van der Waals surface area contributed by atoms with Gasteiger partial charge in [-0.15, -0.1) is 0 Å². The normalized spacial score (nSPS) is 14.6. The summed E-state index contributed by atoms with van der Waals surface area (Å²) in [5.74, 6) is -0.196. The number of quaternary nitrogens is 1. The van der Waals surface area contributed by atoms with E-state index >= 15 is 0 Å². The lowest BCUT2D eigenvalue weighted by Gasteiger charge is -2.29. The number of unbranched alkanes of at least 4 members (excludes halogenated alkanes) is 25. The van der Waals surface area contributed by atoms with Crippen LogP contribution < -0.4 is 10.2 Å². The van der Waals surface area contributed by atoms with Crippen molar-refractivity contribution < 1.29 is 32.9 Å². The number of aliphatic hydroxyl groups excluding tert-OH is 1. The Morgan fingerprint density at radius 2 is 1.08 bits per heavy atom. The van der Waals surface area contributed by atoms with Crippen LogP contribution >= 0.6 is 7.82 Å². The average molecular weight is 731 g/mol. The Labute approximate surface area is 310 Å². The van der Waals surface area contributed by atoms with Gasteiger partial charge in [-0.2, -0.15) is 0 Å². The molecule has 298 valence electrons. The monoisotopic (exact) mass is 731 g/mol. The maximum absolute atomic E-state index is 12.8. The molecule has 0 heterocycles. The molecule has 3 unspecified atom stereocenters. The van der Waals surface area contributed by atoms with Crippen molar-refractivity contribution in [3.63, 3.8) is 0 Å². The maximum Gasteiger partial charge on any atom is 0.268 e. The molecule has 50 heavy (non-hydrogen) atoms. The summed E-state index contributed by atoms with van der Waals surface area (Å²) in [5.41, 5.74) is 0. The van der Waals surface area contributed by atoms with Gasteiger partial charge in [-0.05, 0) is 19.3 Å². The minimum absolute atomic E-state index is 0.00190. The first kappa shape index (κ1) is 49.2. The summed E-state index contributed by atoms with van der Waals surface area (Å²) >= 11 is 0. The summed E-state index contributed by atoms with van der Waals surface area (Å²) in [6.07, 6.45) is 36.7. The Hall–Kier alpha value is -0.760. The molecule has 1 amide bonds. The lowest BCUT2D eigenvalue weighted by atomic mass is 10.0. The van der Waals surface area contributed by atoms with E-state index in [1.54, 1.807) is 6.08 Å². The molecule has 0 fully saturated rings. The number of carbonyl (C=O) groups is 1. The van der Waals surface area contributed by atoms with E-state index in [4.69, 9.17) is 9.05 Å². The fourth-order valence-electron chi connectivity index (χ4n) is 6.09. The molecular weight excluding hydrogens is 647 g/mol. The highest BCUT2D eigenvalue weighted by molar-refractivity contribution is 7.45. The molecule has 3 atom stereocenters. The number of carbonyl (C=O) groups excluding carboxylic acids is 1. The molecule has 0 saturated heterocycles. The molecule has 8 nitrogen and oxygen atoms in total. The van der Waals surface area contributed by atoms with Gasteiger partial charge in [0.1, 0.15) is 13.2 Å². The van der Waals surface area contributed by atoms with E-state index in [9.17, 15) is 19.4 Å². The molecule has 0 aromatic carbocycles. The predicted octanol–water partition coefficient (Wildman–Crippen LogP) is 10.6. The quantitative estimate of drug-likeness (QED) is 0.0283. The van der Waals surface area contributed by atoms with Crippen LogP contribution in [0.3, 0.4) is 0 Å². The van der Waals surface area contributed by atoms with Gasteiger partial charge in [0, 0.05) is 6.42 Å². The van der Waals surface area contributed by atoms with Gasteiger partial charge in [0.25, 0.3) is 7.82 Å². The van der Waals surface area contributed by atoms with E-state index in [1.165, 1.54) is 135 Å². The van der Waals surface area contributed by atoms with Gasteiger partial charge in [0.2, 0.25) is 5.91 Å². The average Bonchev–Trinajstić information content (AvgIpc) is 3.06. The minimum Gasteiger partial charge on any atom is -0.756 e. The molecule has 0 bridgehead atoms. The highest BCUT2D eigenvalue weighted by Gasteiger charge is 2.23. The summed E-state index contributed by atoms with van der Waals surface area (Å²) in [5, 5.41) is 13.7. The van der Waals surface area contributed by atoms with Crippen molar-refractivity contribution in [3.05, 3.63) is 12.2 Å². The molecule has 0 aromatic heterocycles. The molecule has 9 heteroatoms. The number of allylic oxidation sites excluding steroid dienone is 1. The van der Waals surface area contributed by atoms with Gasteiger partial charge in [-0.25, -0.2) is 0 Å². The lowest BCUT2D eigenvalue weighted by Crippen LogP contribution is -2.45. The van der Waals surface area contributed by atoms with Crippen molar-refractivity contribution in [3.8, 4) is 0 Å². The number of amides is 1. The molecule has 0 aliphatic carbocycles. The molecule has 0 aliphatic heterocycles. The highest BCUT2D eigenvalue weighted by Crippen LogP contribution is 2.38. The van der Waals surface area contributed by atoms with Gasteiger partial charge in [0.15, 0.2) is 0 Å². The zero-order valence-corrected chi connectivity index (χ0v) is 34.5. The second-order valence-electron chi connectivity index (χ2n) is 15.7. The fourth-order valence-corrected chi connectivity index (χ4v) is 6.82. The Bertz CT molecular complexity index is 834. The van der Waals surface area contributed by atoms with Crippen LogP contribution in [0.2, 0.25) is 0 Å². The second kappa shape index (κ2) is 34.0. The Morgan fingerprint density at radius 3 is 1.50 bits per heavy atom. The van der Waals surface area contributed by atoms with Crippen molar-refractivity contribution in [2.75, 3.05) is 40.9 Å². The van der Waals surface area contributed by atoms with E-state index in [0.717, 1.165) is 38.5 Å². The van der Waals surface area contributed by atoms with Gasteiger partial charge >= 0.3 is 0 Å². The number of likely N-dealkylation sites (N-methyl/N-ethyl adjacent to an activating group) is 1. The van der Waals surface area contributed by atoms with Crippen LogP contribution in [0.1, 0.15) is 194 Å². The third-order valence-corrected chi connectivity index (χ3v) is 10.5. The third-order valence-electron chi connectivity index (χ3n) is 9.50. The van der Waals surface area contributed by atoms with E-state index in [2.05, 4.69) is 19.2 Å². The smallest absolute Gasteiger partial charge is 0.268 e. The van der Waals surface area contributed by atoms with Gasteiger partial charge in [0.05, 0.1) is 39.9 Å². The lowest BCUT2D eigenvalue weighted by molar-refractivity contribution is -0.870. The van der Waals surface area contributed by atoms with Gasteiger partial charge < -0.3 is 28.8 Å². The molecule has 0 rings (SSSR count). The van der Waals surface area contributed by atoms with Crippen LogP contribution in [0, 0.1) is 0 Å². The van der Waals surface area contributed by atoms with E-state index < -0.39 is 20.0 Å². The molecule has 0 radical (unpaired) electrons. The van der Waals surface area contributed by atoms with Crippen molar-refractivity contribution >= 4 is 13.7 Å². The number of hydrogen-bond donors (Lipinski definition) is 2. The number of phosphoric acid groups is 1. The summed E-state index contributed by atoms with van der Waals surface area (Å²) < 4.78 is 23.1. The third kappa shape index (κ3) is 35.6. The first-order valence-corrected chi connectivity index (χ1v) is 22.5. The Kier molecular flexibility index (Phi) is 33.5. The standard InChI is InChI=1S/C41H83N2O6P/c1-6-8-10-12-14-16-18-20-21-23-25-27-29-31-33-35-41(45)42-39(38-49-50(46,47)48-37-36-43(3,4)5)40(44)34-32-30-28-26-24-22-19-17-15-13-11-9-7-2/h32,34,39-40,44H,6-31,33,35-38H2,1-5H3,(H-,42,45,46,47)/b34-32+. The number of nitrogens with zero attached hydrogens (tertiary/aromatic N) is 1. The van der Waals surface area contributed by atoms with Crippen LogP contribution in [0.25, 0.3) is 0 Å². The number of rotatable bonds is 38. The minimum atomic E-state index is -4.58. The fraction of sp³-hybridized carbons (Fsp3) is 0.927. The van der Waals surface area contributed by atoms with Gasteiger partial charge in [-0.1, -0.05) is 180 Å². The molecule has 0 spiro atoms. The van der Waals surface area contributed by atoms with E-state index in [-0.39, 0.29) is 19.1 Å². The largest absolute Gasteiger partial charge is 0.756 e. The summed E-state index contributed by atoms with van der Waals surface area (Å²) in [4.78, 5) is 25.2. The number of aliphatic hydroxyl groups is 1. The summed E-state index contributed by atoms with van der Waals surface area (Å²) in [7, 11) is 1.27. The number of hydrogen-bond acceptors (Lipinski definition) is 6. The zero-order valence-electron chi connectivity index (χ0n) is 33.6. The number of nitrogens with one attached hydrogen (secondary N) is 1. The summed E-state index contributed by atoms with van der Waals surface area (Å²) in [6.45, 7) is 4.64. The predicted molar refractivity (Wildman–Crippen MR) is 210 cm³/mol. The molecule has 2 N–H and O–H groups in total. The summed E-state index contributed by atoms with van der Waals surface area (Å²) in [6, 6.07) is -0.878. The van der Waals surface area contributed by atoms with E-state index in [1.807, 2.05) is 27.2 Å². The highest BCUT2D eigenvalue weighted by atomic mass is 31.2. The maximum atomic E-state index is 12.8. The van der Waals surface area contributed by atoms with Crippen LogP contribution in [0.5, 0.6) is 0 Å². The van der Waals surface area contributed by atoms with Crippen LogP contribution in [-0.2, 0) is 18.4 Å². The van der Waals surface area contributed by atoms with E-state index in [0.29, 0.717) is 17.4 Å². The topological polar surface area (TPSA) is 108 Å². The Balaban J connectivity index is 4.44. The Morgan fingerprint density at radius 1 is 0.680 bits per heavy atom. The van der Waals surface area contributed by atoms with Crippen molar-refractivity contribution in [2.45, 2.75) is 206 Å². The van der Waals surface area contributed by atoms with Crippen molar-refractivity contribution in [2.24, 2.45) is 0 Å². The molecule has 0 saturated carbocycles. The first-order valence-electron chi connectivity index (χ1n) is 21.1. The van der Waals surface area contributed by atoms with Crippen LogP contribution in [-0.4, -0.2) is 68.5 Å². The van der Waals surface area contributed by atoms with Gasteiger partial charge in [-0.3, -0.25) is 9.36 Å². The molecule has 0 aliphatic rings. The number of phosphoric ester groups is 1. The van der Waals surface area contributed by atoms with Crippen molar-refractivity contribution in [1.29, 1.82) is 0 Å². The zero-order chi connectivity index (χ0) is 37.2. The van der Waals surface area contributed by atoms with Crippen LogP contribution in [0.15, 0.2) is 12.2 Å². The molecule has 0 aromatic rings.